The van der Waals surface area contributed by atoms with E-state index in [4.69, 9.17) is 16.3 Å². The fourth-order valence-electron chi connectivity index (χ4n) is 3.04. The summed E-state index contributed by atoms with van der Waals surface area (Å²) in [6.07, 6.45) is 2.70. The van der Waals surface area contributed by atoms with Gasteiger partial charge in [-0.1, -0.05) is 29.8 Å². The zero-order valence-electron chi connectivity index (χ0n) is 14.1. The summed E-state index contributed by atoms with van der Waals surface area (Å²) in [5.74, 6) is 0.688. The van der Waals surface area contributed by atoms with Crippen molar-refractivity contribution in [3.63, 3.8) is 0 Å². The van der Waals surface area contributed by atoms with Crippen LogP contribution in [0.2, 0.25) is 5.02 Å². The van der Waals surface area contributed by atoms with Gasteiger partial charge in [0.2, 0.25) is 0 Å². The summed E-state index contributed by atoms with van der Waals surface area (Å²) in [6, 6.07) is 13.7. The number of methoxy groups -OCH3 is 1. The first-order valence-electron chi connectivity index (χ1n) is 8.26. The molecule has 26 heavy (non-hydrogen) atoms. The molecule has 132 valence electrons. The normalized spacial score (nSPS) is 11.2. The molecule has 1 amide bonds. The number of nitrogens with one attached hydrogen (secondary N) is 2. The Morgan fingerprint density at radius 1 is 1.23 bits per heavy atom. The lowest BCUT2D eigenvalue weighted by Crippen LogP contribution is -2.25. The van der Waals surface area contributed by atoms with E-state index in [9.17, 15) is 4.79 Å². The molecular formula is C20H17ClN2O2S. The van der Waals surface area contributed by atoms with E-state index < -0.39 is 0 Å². The summed E-state index contributed by atoms with van der Waals surface area (Å²) in [6.45, 7) is 0.535. The third-order valence-electron chi connectivity index (χ3n) is 4.40. The molecule has 0 saturated heterocycles. The van der Waals surface area contributed by atoms with Gasteiger partial charge < -0.3 is 15.0 Å². The van der Waals surface area contributed by atoms with Gasteiger partial charge in [0.15, 0.2) is 0 Å². The van der Waals surface area contributed by atoms with Gasteiger partial charge in [-0.2, -0.15) is 0 Å². The Labute approximate surface area is 159 Å². The minimum absolute atomic E-state index is 0.131. The summed E-state index contributed by atoms with van der Waals surface area (Å²) >= 11 is 7.79. The summed E-state index contributed by atoms with van der Waals surface area (Å²) in [5.41, 5.74) is 2.20. The van der Waals surface area contributed by atoms with Crippen LogP contribution in [0.5, 0.6) is 5.75 Å². The van der Waals surface area contributed by atoms with Crippen LogP contribution < -0.4 is 10.1 Å². The van der Waals surface area contributed by atoms with Crippen molar-refractivity contribution < 1.29 is 9.53 Å². The highest BCUT2D eigenvalue weighted by Gasteiger charge is 2.16. The first kappa shape index (κ1) is 16.9. The molecule has 0 atom stereocenters. The van der Waals surface area contributed by atoms with Crippen molar-refractivity contribution in [2.24, 2.45) is 0 Å². The maximum atomic E-state index is 12.5. The van der Waals surface area contributed by atoms with Gasteiger partial charge in [0.05, 0.1) is 12.1 Å². The number of aromatic amines is 1. The number of rotatable bonds is 5. The number of aromatic nitrogens is 1. The number of halogens is 1. The highest BCUT2D eigenvalue weighted by molar-refractivity contribution is 7.21. The van der Waals surface area contributed by atoms with Gasteiger partial charge >= 0.3 is 0 Å². The lowest BCUT2D eigenvalue weighted by Gasteiger charge is -2.04. The van der Waals surface area contributed by atoms with Crippen LogP contribution in [0.25, 0.3) is 21.0 Å². The SMILES string of the molecule is COc1ccc2[nH]cc(CCNC(=O)c3sc4ccccc4c3Cl)c2c1. The number of hydrogen-bond donors (Lipinski definition) is 2. The summed E-state index contributed by atoms with van der Waals surface area (Å²) in [4.78, 5) is 16.3. The largest absolute Gasteiger partial charge is 0.497 e. The molecule has 2 N–H and O–H groups in total. The molecule has 0 radical (unpaired) electrons. The number of H-pyrrole nitrogens is 1. The molecule has 0 aliphatic heterocycles. The molecule has 0 saturated carbocycles. The third-order valence-corrected chi connectivity index (χ3v) is 6.07. The van der Waals surface area contributed by atoms with E-state index in [0.717, 1.165) is 38.7 Å². The molecule has 0 aliphatic carbocycles. The number of benzene rings is 2. The van der Waals surface area contributed by atoms with E-state index in [0.29, 0.717) is 16.4 Å². The molecule has 0 fully saturated rings. The monoisotopic (exact) mass is 384 g/mol. The Morgan fingerprint density at radius 3 is 2.88 bits per heavy atom. The second kappa shape index (κ2) is 7.02. The van der Waals surface area contributed by atoms with E-state index in [1.54, 1.807) is 7.11 Å². The fourth-order valence-corrected chi connectivity index (χ4v) is 4.48. The van der Waals surface area contributed by atoms with Crippen LogP contribution >= 0.6 is 22.9 Å². The first-order valence-corrected chi connectivity index (χ1v) is 9.46. The number of ether oxygens (including phenoxy) is 1. The van der Waals surface area contributed by atoms with Crippen LogP contribution in [-0.2, 0) is 6.42 Å². The lowest BCUT2D eigenvalue weighted by molar-refractivity contribution is 0.0958. The van der Waals surface area contributed by atoms with Gasteiger partial charge in [-0.05, 0) is 36.2 Å². The number of amides is 1. The summed E-state index contributed by atoms with van der Waals surface area (Å²) in [5, 5.41) is 5.54. The Bertz CT molecular complexity index is 1100. The van der Waals surface area contributed by atoms with Gasteiger partial charge in [0.25, 0.3) is 5.91 Å². The maximum Gasteiger partial charge on any atom is 0.262 e. The number of carbonyl (C=O) groups is 1. The average Bonchev–Trinajstić information content (AvgIpc) is 3.23. The molecule has 0 unspecified atom stereocenters. The van der Waals surface area contributed by atoms with Crippen LogP contribution in [0.1, 0.15) is 15.2 Å². The molecule has 4 nitrogen and oxygen atoms in total. The van der Waals surface area contributed by atoms with E-state index >= 15 is 0 Å². The first-order chi connectivity index (χ1) is 12.7. The van der Waals surface area contributed by atoms with Crippen molar-refractivity contribution >= 4 is 49.8 Å². The molecule has 4 rings (SSSR count). The number of hydrogen-bond acceptors (Lipinski definition) is 3. The second-order valence-corrected chi connectivity index (χ2v) is 7.40. The van der Waals surface area contributed by atoms with Gasteiger partial charge in [-0.25, -0.2) is 0 Å². The number of carbonyl (C=O) groups excluding carboxylic acids is 1. The van der Waals surface area contributed by atoms with Crippen molar-refractivity contribution in [1.82, 2.24) is 10.3 Å². The molecular weight excluding hydrogens is 368 g/mol. The van der Waals surface area contributed by atoms with Crippen LogP contribution in [0, 0.1) is 0 Å². The molecule has 2 aromatic carbocycles. The highest BCUT2D eigenvalue weighted by atomic mass is 35.5. The lowest BCUT2D eigenvalue weighted by atomic mass is 10.1. The van der Waals surface area contributed by atoms with Crippen molar-refractivity contribution in [2.75, 3.05) is 13.7 Å². The molecule has 4 aromatic rings. The second-order valence-electron chi connectivity index (χ2n) is 5.97. The molecule has 0 aliphatic rings. The van der Waals surface area contributed by atoms with Crippen LogP contribution in [0.4, 0.5) is 0 Å². The third kappa shape index (κ3) is 3.04. The predicted octanol–water partition coefficient (Wildman–Crippen LogP) is 5.02. The Morgan fingerprint density at radius 2 is 2.08 bits per heavy atom. The highest BCUT2D eigenvalue weighted by Crippen LogP contribution is 2.35. The van der Waals surface area contributed by atoms with E-state index in [1.165, 1.54) is 11.3 Å². The quantitative estimate of drug-likeness (QED) is 0.507. The van der Waals surface area contributed by atoms with Gasteiger partial charge in [0.1, 0.15) is 10.6 Å². The zero-order valence-corrected chi connectivity index (χ0v) is 15.7. The smallest absolute Gasteiger partial charge is 0.262 e. The summed E-state index contributed by atoms with van der Waals surface area (Å²) < 4.78 is 6.31. The van der Waals surface area contributed by atoms with Gasteiger partial charge in [-0.3, -0.25) is 4.79 Å². The van der Waals surface area contributed by atoms with Crippen molar-refractivity contribution in [3.05, 3.63) is 64.1 Å². The van der Waals surface area contributed by atoms with E-state index in [-0.39, 0.29) is 5.91 Å². The number of fused-ring (bicyclic) bond motifs is 2. The van der Waals surface area contributed by atoms with Gasteiger partial charge in [0, 0.05) is 33.7 Å². The maximum absolute atomic E-state index is 12.5. The van der Waals surface area contributed by atoms with E-state index in [2.05, 4.69) is 10.3 Å². The molecule has 6 heteroatoms. The standard InChI is InChI=1S/C20H17ClN2O2S/c1-25-13-6-7-16-15(10-13)12(11-23-16)8-9-22-20(24)19-18(21)14-4-2-3-5-17(14)26-19/h2-7,10-11,23H,8-9H2,1H3,(H,22,24). The van der Waals surface area contributed by atoms with Crippen molar-refractivity contribution in [1.29, 1.82) is 0 Å². The fraction of sp³-hybridized carbons (Fsp3) is 0.150. The Hall–Kier alpha value is -2.50. The predicted molar refractivity (Wildman–Crippen MR) is 108 cm³/mol. The molecule has 2 aromatic heterocycles. The molecule has 0 spiro atoms. The average molecular weight is 385 g/mol. The topological polar surface area (TPSA) is 54.1 Å². The van der Waals surface area contributed by atoms with Crippen LogP contribution in [0.15, 0.2) is 48.7 Å². The van der Waals surface area contributed by atoms with Crippen molar-refractivity contribution in [3.8, 4) is 5.75 Å². The Kier molecular flexibility index (Phi) is 4.57. The molecule has 0 bridgehead atoms. The summed E-state index contributed by atoms with van der Waals surface area (Å²) in [7, 11) is 1.66. The van der Waals surface area contributed by atoms with Crippen LogP contribution in [0.3, 0.4) is 0 Å². The van der Waals surface area contributed by atoms with Crippen molar-refractivity contribution in [2.45, 2.75) is 6.42 Å². The zero-order chi connectivity index (χ0) is 18.1. The van der Waals surface area contributed by atoms with Gasteiger partial charge in [-0.15, -0.1) is 11.3 Å². The molecule has 2 heterocycles. The van der Waals surface area contributed by atoms with Crippen LogP contribution in [-0.4, -0.2) is 24.5 Å². The Balaban J connectivity index is 1.47. The minimum Gasteiger partial charge on any atom is -0.497 e. The van der Waals surface area contributed by atoms with E-state index in [1.807, 2.05) is 48.7 Å². The number of thiophene rings is 1. The minimum atomic E-state index is -0.131.